The van der Waals surface area contributed by atoms with Gasteiger partial charge in [-0.25, -0.2) is 0 Å². The molecule has 1 aliphatic carbocycles. The maximum absolute atomic E-state index is 5.65. The number of hydrogen-bond acceptors (Lipinski definition) is 3. The molecule has 18 heavy (non-hydrogen) atoms. The van der Waals surface area contributed by atoms with Gasteiger partial charge in [0.2, 0.25) is 0 Å². The summed E-state index contributed by atoms with van der Waals surface area (Å²) in [5.74, 6) is 0. The Hall–Kier alpha value is -0.120. The van der Waals surface area contributed by atoms with Crippen LogP contribution in [0.15, 0.2) is 0 Å². The molecule has 3 unspecified atom stereocenters. The lowest BCUT2D eigenvalue weighted by molar-refractivity contribution is -0.0443. The first kappa shape index (κ1) is 14.3. The molecule has 0 bridgehead atoms. The van der Waals surface area contributed by atoms with Gasteiger partial charge < -0.3 is 10.1 Å². The third-order valence-electron chi connectivity index (χ3n) is 4.56. The Kier molecular flexibility index (Phi) is 5.93. The quantitative estimate of drug-likeness (QED) is 0.815. The van der Waals surface area contributed by atoms with Crippen molar-refractivity contribution in [2.75, 3.05) is 26.3 Å². The van der Waals surface area contributed by atoms with E-state index >= 15 is 0 Å². The van der Waals surface area contributed by atoms with E-state index in [1.165, 1.54) is 45.1 Å². The van der Waals surface area contributed by atoms with Crippen molar-refractivity contribution < 1.29 is 4.74 Å². The molecule has 0 radical (unpaired) electrons. The topological polar surface area (TPSA) is 24.5 Å². The van der Waals surface area contributed by atoms with E-state index < -0.39 is 0 Å². The predicted molar refractivity (Wildman–Crippen MR) is 75.9 cm³/mol. The van der Waals surface area contributed by atoms with Crippen molar-refractivity contribution in [1.82, 2.24) is 10.2 Å². The summed E-state index contributed by atoms with van der Waals surface area (Å²) < 4.78 is 5.65. The minimum atomic E-state index is 0.646. The van der Waals surface area contributed by atoms with Gasteiger partial charge in [-0.05, 0) is 32.2 Å². The molecule has 0 spiro atoms. The summed E-state index contributed by atoms with van der Waals surface area (Å²) in [6, 6.07) is 2.11. The van der Waals surface area contributed by atoms with Gasteiger partial charge in [-0.3, -0.25) is 4.90 Å². The summed E-state index contributed by atoms with van der Waals surface area (Å²) in [6.07, 6.45) is 8.00. The van der Waals surface area contributed by atoms with Crippen LogP contribution < -0.4 is 5.32 Å². The minimum Gasteiger partial charge on any atom is -0.378 e. The van der Waals surface area contributed by atoms with Crippen molar-refractivity contribution >= 4 is 0 Å². The molecule has 2 rings (SSSR count). The Balaban J connectivity index is 1.97. The lowest BCUT2D eigenvalue weighted by Crippen LogP contribution is -2.58. The maximum atomic E-state index is 5.65. The second kappa shape index (κ2) is 7.46. The van der Waals surface area contributed by atoms with Gasteiger partial charge in [0, 0.05) is 24.7 Å². The van der Waals surface area contributed by atoms with E-state index in [9.17, 15) is 0 Å². The normalized spacial score (nSPS) is 34.7. The average molecular weight is 254 g/mol. The molecule has 106 valence electrons. The van der Waals surface area contributed by atoms with Gasteiger partial charge in [-0.1, -0.05) is 26.7 Å². The number of rotatable bonds is 5. The smallest absolute Gasteiger partial charge is 0.0622 e. The van der Waals surface area contributed by atoms with E-state index in [1.54, 1.807) is 0 Å². The number of nitrogens with one attached hydrogen (secondary N) is 1. The van der Waals surface area contributed by atoms with Gasteiger partial charge >= 0.3 is 0 Å². The Morgan fingerprint density at radius 3 is 2.83 bits per heavy atom. The lowest BCUT2D eigenvalue weighted by atomic mass is 9.87. The van der Waals surface area contributed by atoms with Crippen molar-refractivity contribution in [1.29, 1.82) is 0 Å². The van der Waals surface area contributed by atoms with Crippen LogP contribution >= 0.6 is 0 Å². The van der Waals surface area contributed by atoms with Crippen LogP contribution in [-0.2, 0) is 4.74 Å². The maximum Gasteiger partial charge on any atom is 0.0622 e. The molecule has 3 atom stereocenters. The largest absolute Gasteiger partial charge is 0.378 e. The molecule has 0 aromatic rings. The van der Waals surface area contributed by atoms with Crippen molar-refractivity contribution in [3.8, 4) is 0 Å². The summed E-state index contributed by atoms with van der Waals surface area (Å²) in [4.78, 5) is 2.75. The summed E-state index contributed by atoms with van der Waals surface area (Å²) in [5.41, 5.74) is 0. The average Bonchev–Trinajstić information content (AvgIpc) is 2.45. The Morgan fingerprint density at radius 1 is 1.22 bits per heavy atom. The van der Waals surface area contributed by atoms with Crippen LogP contribution in [0.4, 0.5) is 0 Å². The first-order valence-electron chi connectivity index (χ1n) is 7.93. The van der Waals surface area contributed by atoms with Gasteiger partial charge in [-0.2, -0.15) is 0 Å². The van der Waals surface area contributed by atoms with E-state index in [4.69, 9.17) is 4.74 Å². The highest BCUT2D eigenvalue weighted by Crippen LogP contribution is 2.27. The van der Waals surface area contributed by atoms with Gasteiger partial charge in [-0.15, -0.1) is 0 Å². The third kappa shape index (κ3) is 3.46. The van der Waals surface area contributed by atoms with Crippen molar-refractivity contribution in [3.63, 3.8) is 0 Å². The van der Waals surface area contributed by atoms with Crippen molar-refractivity contribution in [3.05, 3.63) is 0 Å². The van der Waals surface area contributed by atoms with Gasteiger partial charge in [0.1, 0.15) is 0 Å². The van der Waals surface area contributed by atoms with Gasteiger partial charge in [0.25, 0.3) is 0 Å². The van der Waals surface area contributed by atoms with Crippen molar-refractivity contribution in [2.24, 2.45) is 0 Å². The van der Waals surface area contributed by atoms with Crippen LogP contribution in [-0.4, -0.2) is 49.3 Å². The van der Waals surface area contributed by atoms with Gasteiger partial charge in [0.15, 0.2) is 0 Å². The summed E-state index contributed by atoms with van der Waals surface area (Å²) >= 11 is 0. The van der Waals surface area contributed by atoms with E-state index in [0.29, 0.717) is 12.1 Å². The molecule has 1 N–H and O–H groups in total. The molecular formula is C15H30N2O. The monoisotopic (exact) mass is 254 g/mol. The summed E-state index contributed by atoms with van der Waals surface area (Å²) in [5, 5.41) is 3.78. The number of hydrogen-bond donors (Lipinski definition) is 1. The van der Waals surface area contributed by atoms with Crippen LogP contribution in [0.5, 0.6) is 0 Å². The zero-order valence-corrected chi connectivity index (χ0v) is 12.2. The first-order chi connectivity index (χ1) is 8.86. The van der Waals surface area contributed by atoms with E-state index in [1.807, 2.05) is 0 Å². The van der Waals surface area contributed by atoms with Crippen LogP contribution in [0.1, 0.15) is 52.4 Å². The molecular weight excluding hydrogens is 224 g/mol. The molecule has 3 nitrogen and oxygen atoms in total. The number of morpholine rings is 1. The molecule has 0 aromatic heterocycles. The Morgan fingerprint density at radius 2 is 2.06 bits per heavy atom. The first-order valence-corrected chi connectivity index (χ1v) is 7.93. The minimum absolute atomic E-state index is 0.646. The summed E-state index contributed by atoms with van der Waals surface area (Å²) in [7, 11) is 0. The molecule has 3 heteroatoms. The fourth-order valence-corrected chi connectivity index (χ4v) is 3.53. The van der Waals surface area contributed by atoms with E-state index in [-0.39, 0.29) is 0 Å². The van der Waals surface area contributed by atoms with E-state index in [0.717, 1.165) is 25.8 Å². The lowest BCUT2D eigenvalue weighted by Gasteiger charge is -2.46. The SMILES string of the molecule is CCCNC1CCCCC1N1CCOCC1CC. The number of ether oxygens (including phenoxy) is 1. The fourth-order valence-electron chi connectivity index (χ4n) is 3.53. The summed E-state index contributed by atoms with van der Waals surface area (Å²) in [6.45, 7) is 8.72. The molecule has 1 saturated carbocycles. The van der Waals surface area contributed by atoms with Crippen LogP contribution in [0, 0.1) is 0 Å². The zero-order valence-electron chi connectivity index (χ0n) is 12.2. The van der Waals surface area contributed by atoms with Gasteiger partial charge in [0.05, 0.1) is 13.2 Å². The van der Waals surface area contributed by atoms with Crippen LogP contribution in [0.25, 0.3) is 0 Å². The molecule has 2 aliphatic rings. The molecule has 1 heterocycles. The number of nitrogens with zero attached hydrogens (tertiary/aromatic N) is 1. The van der Waals surface area contributed by atoms with Crippen LogP contribution in [0.3, 0.4) is 0 Å². The second-order valence-corrected chi connectivity index (χ2v) is 5.79. The zero-order chi connectivity index (χ0) is 12.8. The molecule has 1 saturated heterocycles. The standard InChI is InChI=1S/C15H30N2O/c1-3-9-16-14-7-5-6-8-15(14)17-10-11-18-12-13(17)4-2/h13-16H,3-12H2,1-2H3. The molecule has 0 amide bonds. The molecule has 2 fully saturated rings. The highest BCUT2D eigenvalue weighted by atomic mass is 16.5. The Bertz CT molecular complexity index is 235. The highest BCUT2D eigenvalue weighted by Gasteiger charge is 2.34. The second-order valence-electron chi connectivity index (χ2n) is 5.79. The molecule has 1 aliphatic heterocycles. The van der Waals surface area contributed by atoms with Crippen molar-refractivity contribution in [2.45, 2.75) is 70.5 Å². The third-order valence-corrected chi connectivity index (χ3v) is 4.56. The Labute approximate surface area is 112 Å². The van der Waals surface area contributed by atoms with E-state index in [2.05, 4.69) is 24.1 Å². The fraction of sp³-hybridized carbons (Fsp3) is 1.00. The molecule has 0 aromatic carbocycles. The predicted octanol–water partition coefficient (Wildman–Crippen LogP) is 2.41. The highest BCUT2D eigenvalue weighted by molar-refractivity contribution is 4.91. The van der Waals surface area contributed by atoms with Crippen LogP contribution in [0.2, 0.25) is 0 Å².